The van der Waals surface area contributed by atoms with Crippen LogP contribution in [0.5, 0.6) is 0 Å². The molecule has 0 saturated carbocycles. The van der Waals surface area contributed by atoms with Gasteiger partial charge in [0, 0.05) is 11.2 Å². The zero-order chi connectivity index (χ0) is 7.49. The van der Waals surface area contributed by atoms with Gasteiger partial charge in [0.15, 0.2) is 8.77 Å². The average molecular weight is 171 g/mol. The highest BCUT2D eigenvalue weighted by atomic mass is 32.8. The number of hydrogen-bond donors (Lipinski definition) is 1. The average Bonchev–Trinajstić information content (AvgIpc) is 1.63. The maximum absolute atomic E-state index is 10.7. The maximum Gasteiger partial charge on any atom is 0.186 e. The molecule has 0 saturated heterocycles. The van der Waals surface area contributed by atoms with E-state index in [-0.39, 0.29) is 5.88 Å². The van der Waals surface area contributed by atoms with Crippen LogP contribution in [-0.2, 0) is 24.3 Å². The summed E-state index contributed by atoms with van der Waals surface area (Å²) in [5.41, 5.74) is 0. The summed E-state index contributed by atoms with van der Waals surface area (Å²) >= 11 is 4.33. The Morgan fingerprint density at radius 3 is 2.33 bits per heavy atom. The van der Waals surface area contributed by atoms with Crippen LogP contribution in [0.25, 0.3) is 0 Å². The smallest absolute Gasteiger partial charge is 0.186 e. The third-order valence-electron chi connectivity index (χ3n) is 0.530. The molecule has 0 fully saturated rings. The van der Waals surface area contributed by atoms with Crippen molar-refractivity contribution in [2.24, 2.45) is 0 Å². The third kappa shape index (κ3) is 4.73. The van der Waals surface area contributed by atoms with E-state index in [1.807, 2.05) is 0 Å². The normalized spacial score (nSPS) is 17.8. The highest BCUT2D eigenvalue weighted by Crippen LogP contribution is 1.91. The van der Waals surface area contributed by atoms with Crippen LogP contribution in [0.1, 0.15) is 0 Å². The maximum atomic E-state index is 10.7. The molecule has 6 heteroatoms. The lowest BCUT2D eigenvalue weighted by Gasteiger charge is -2.08. The van der Waals surface area contributed by atoms with Gasteiger partial charge >= 0.3 is 0 Å². The minimum absolute atomic E-state index is 0.0544. The zero-order valence-corrected chi connectivity index (χ0v) is 6.87. The minimum atomic E-state index is -2.90. The summed E-state index contributed by atoms with van der Waals surface area (Å²) in [4.78, 5) is 1.57. The van der Waals surface area contributed by atoms with E-state index in [0.29, 0.717) is 0 Å². The van der Waals surface area contributed by atoms with Crippen LogP contribution in [-0.4, -0.2) is 34.3 Å². The van der Waals surface area contributed by atoms with Crippen molar-refractivity contribution in [1.29, 1.82) is 0 Å². The molecule has 56 valence electrons. The van der Waals surface area contributed by atoms with Gasteiger partial charge in [-0.1, -0.05) is 0 Å². The molecule has 0 amide bonds. The molecule has 0 heterocycles. The molecule has 9 heavy (non-hydrogen) atoms. The van der Waals surface area contributed by atoms with E-state index in [2.05, 4.69) is 15.5 Å². The van der Waals surface area contributed by atoms with Gasteiger partial charge in [0.1, 0.15) is 5.88 Å². The molecule has 1 N–H and O–H groups in total. The molecular weight excluding hydrogens is 162 g/mol. The quantitative estimate of drug-likeness (QED) is 0.465. The minimum Gasteiger partial charge on any atom is -0.296 e. The first kappa shape index (κ1) is 9.25. The van der Waals surface area contributed by atoms with Crippen molar-refractivity contribution in [2.75, 3.05) is 20.0 Å². The summed E-state index contributed by atoms with van der Waals surface area (Å²) in [6.07, 6.45) is 0. The van der Waals surface area contributed by atoms with E-state index in [1.165, 1.54) is 0 Å². The lowest BCUT2D eigenvalue weighted by atomic mass is 11.0. The fourth-order valence-corrected chi connectivity index (χ4v) is 1.65. The van der Waals surface area contributed by atoms with E-state index >= 15 is 0 Å². The topological polar surface area (TPSA) is 49.8 Å². The second-order valence-electron chi connectivity index (χ2n) is 1.84. The second-order valence-corrected chi connectivity index (χ2v) is 4.89. The summed E-state index contributed by atoms with van der Waals surface area (Å²) in [5, 5.41) is 7.94. The van der Waals surface area contributed by atoms with Crippen molar-refractivity contribution < 1.29 is 13.8 Å². The predicted octanol–water partition coefficient (Wildman–Crippen LogP) is -0.344. The molecule has 0 aliphatic rings. The molecule has 0 aromatic carbocycles. The lowest BCUT2D eigenvalue weighted by Crippen LogP contribution is -2.21. The van der Waals surface area contributed by atoms with E-state index in [0.717, 1.165) is 0 Å². The fraction of sp³-hybridized carbons (Fsp3) is 1.00. The monoisotopic (exact) mass is 171 g/mol. The first-order valence-corrected chi connectivity index (χ1v) is 4.76. The molecule has 0 aliphatic heterocycles. The van der Waals surface area contributed by atoms with Gasteiger partial charge in [0.05, 0.1) is 0 Å². The molecule has 0 spiro atoms. The summed E-state index contributed by atoms with van der Waals surface area (Å²) < 4.78 is 14.2. The SMILES string of the molecule is CN(C)CS(=O)(=S)OO. The predicted molar refractivity (Wildman–Crippen MR) is 37.8 cm³/mol. The van der Waals surface area contributed by atoms with Gasteiger partial charge in [-0.05, 0) is 14.1 Å². The number of nitrogens with zero attached hydrogens (tertiary/aromatic N) is 1. The van der Waals surface area contributed by atoms with Gasteiger partial charge in [-0.25, -0.2) is 9.47 Å². The highest BCUT2D eigenvalue weighted by molar-refractivity contribution is 8.30. The van der Waals surface area contributed by atoms with Crippen LogP contribution in [0.15, 0.2) is 0 Å². The third-order valence-corrected chi connectivity index (χ3v) is 2.09. The van der Waals surface area contributed by atoms with Gasteiger partial charge < -0.3 is 0 Å². The first-order chi connectivity index (χ1) is 3.98. The molecule has 0 rings (SSSR count). The van der Waals surface area contributed by atoms with Crippen LogP contribution in [0, 0.1) is 0 Å². The van der Waals surface area contributed by atoms with Crippen molar-refractivity contribution in [3.63, 3.8) is 0 Å². The molecular formula is C3H9NO3S2. The van der Waals surface area contributed by atoms with E-state index in [9.17, 15) is 4.21 Å². The van der Waals surface area contributed by atoms with E-state index < -0.39 is 8.77 Å². The van der Waals surface area contributed by atoms with Crippen molar-refractivity contribution in [3.8, 4) is 0 Å². The van der Waals surface area contributed by atoms with Gasteiger partial charge in [-0.15, -0.1) is 4.33 Å². The van der Waals surface area contributed by atoms with Crippen LogP contribution in [0.3, 0.4) is 0 Å². The summed E-state index contributed by atoms with van der Waals surface area (Å²) in [6.45, 7) is 0. The van der Waals surface area contributed by atoms with Crippen molar-refractivity contribution >= 4 is 20.0 Å². The summed E-state index contributed by atoms with van der Waals surface area (Å²) in [6, 6.07) is 0. The fourth-order valence-electron chi connectivity index (χ4n) is 0.340. The van der Waals surface area contributed by atoms with Crippen LogP contribution < -0.4 is 0 Å². The van der Waals surface area contributed by atoms with Gasteiger partial charge in [0.25, 0.3) is 0 Å². The van der Waals surface area contributed by atoms with Crippen molar-refractivity contribution in [1.82, 2.24) is 4.90 Å². The largest absolute Gasteiger partial charge is 0.296 e. The first-order valence-electron chi connectivity index (χ1n) is 2.18. The van der Waals surface area contributed by atoms with Gasteiger partial charge in [-0.2, -0.15) is 0 Å². The molecule has 0 aromatic heterocycles. The summed E-state index contributed by atoms with van der Waals surface area (Å²) in [5.74, 6) is 0.0544. The molecule has 1 unspecified atom stereocenters. The Morgan fingerprint density at radius 2 is 2.22 bits per heavy atom. The Balaban J connectivity index is 3.90. The van der Waals surface area contributed by atoms with Gasteiger partial charge in [-0.3, -0.25) is 4.90 Å². The van der Waals surface area contributed by atoms with Crippen LogP contribution in [0.4, 0.5) is 0 Å². The molecule has 0 radical (unpaired) electrons. The molecule has 0 aliphatic carbocycles. The molecule has 1 atom stereocenters. The van der Waals surface area contributed by atoms with Crippen LogP contribution >= 0.6 is 0 Å². The highest BCUT2D eigenvalue weighted by Gasteiger charge is 2.05. The molecule has 0 aromatic rings. The number of rotatable bonds is 3. The Labute approximate surface area is 59.2 Å². The zero-order valence-electron chi connectivity index (χ0n) is 5.23. The Kier molecular flexibility index (Phi) is 3.52. The Hall–Kier alpha value is 0.250. The molecule has 4 nitrogen and oxygen atoms in total. The van der Waals surface area contributed by atoms with E-state index in [1.54, 1.807) is 19.0 Å². The second kappa shape index (κ2) is 3.43. The van der Waals surface area contributed by atoms with Gasteiger partial charge in [0.2, 0.25) is 0 Å². The molecule has 0 bridgehead atoms. The van der Waals surface area contributed by atoms with E-state index in [4.69, 9.17) is 5.26 Å². The number of hydrogen-bond acceptors (Lipinski definition) is 5. The Bertz CT molecular complexity index is 162. The Morgan fingerprint density at radius 1 is 1.78 bits per heavy atom. The standard InChI is InChI=1S/C3H9NO3S2/c1-4(2)3-9(6,8)7-5/h5H,3H2,1-2H3. The van der Waals surface area contributed by atoms with Crippen LogP contribution in [0.2, 0.25) is 0 Å². The van der Waals surface area contributed by atoms with Crippen molar-refractivity contribution in [2.45, 2.75) is 0 Å². The van der Waals surface area contributed by atoms with Crippen molar-refractivity contribution in [3.05, 3.63) is 0 Å². The summed E-state index contributed by atoms with van der Waals surface area (Å²) in [7, 11) is 0.467. The lowest BCUT2D eigenvalue weighted by molar-refractivity contribution is -0.125.